The van der Waals surface area contributed by atoms with E-state index in [0.29, 0.717) is 23.1 Å². The number of hydrogen-bond donors (Lipinski definition) is 0. The van der Waals surface area contributed by atoms with Crippen molar-refractivity contribution >= 4 is 22.8 Å². The number of fused-ring (bicyclic) bond motifs is 2. The summed E-state index contributed by atoms with van der Waals surface area (Å²) in [5.74, 6) is 0. The summed E-state index contributed by atoms with van der Waals surface area (Å²) >= 11 is 0. The summed E-state index contributed by atoms with van der Waals surface area (Å²) in [6.45, 7) is 0.660. The van der Waals surface area contributed by atoms with Crippen LogP contribution < -0.4 is 4.90 Å². The summed E-state index contributed by atoms with van der Waals surface area (Å²) in [5.41, 5.74) is 3.75. The van der Waals surface area contributed by atoms with Crippen LogP contribution in [0.15, 0.2) is 42.5 Å². The van der Waals surface area contributed by atoms with Crippen LogP contribution in [-0.4, -0.2) is 27.6 Å². The molecule has 0 aliphatic carbocycles. The second kappa shape index (κ2) is 5.21. The van der Waals surface area contributed by atoms with Crippen molar-refractivity contribution in [2.45, 2.75) is 12.8 Å². The van der Waals surface area contributed by atoms with Gasteiger partial charge in [0.1, 0.15) is 5.52 Å². The standard InChI is InChI=1S/C17H13N5O/c18-11-12-7-8-16-14(10-12)19-20-22(16)17(23)21-9-3-5-13-4-1-2-6-15(13)21/h1-2,4,6-8,10H,3,5,9H2. The van der Waals surface area contributed by atoms with E-state index in [9.17, 15) is 4.79 Å². The van der Waals surface area contributed by atoms with Crippen molar-refractivity contribution in [2.75, 3.05) is 11.4 Å². The van der Waals surface area contributed by atoms with Gasteiger partial charge in [0.05, 0.1) is 17.1 Å². The second-order valence-corrected chi connectivity index (χ2v) is 5.48. The molecule has 1 aliphatic heterocycles. The first-order valence-electron chi connectivity index (χ1n) is 7.43. The minimum Gasteiger partial charge on any atom is -0.292 e. The summed E-state index contributed by atoms with van der Waals surface area (Å²) in [6.07, 6.45) is 1.90. The molecule has 1 aromatic heterocycles. The Morgan fingerprint density at radius 1 is 1.22 bits per heavy atom. The molecule has 112 valence electrons. The van der Waals surface area contributed by atoms with Crippen LogP contribution in [0.4, 0.5) is 10.5 Å². The number of carbonyl (C=O) groups excluding carboxylic acids is 1. The molecule has 0 radical (unpaired) electrons. The summed E-state index contributed by atoms with van der Waals surface area (Å²) in [6, 6.07) is 14.8. The number of nitriles is 1. The second-order valence-electron chi connectivity index (χ2n) is 5.48. The van der Waals surface area contributed by atoms with E-state index in [-0.39, 0.29) is 6.03 Å². The molecule has 0 fully saturated rings. The lowest BCUT2D eigenvalue weighted by Gasteiger charge is -2.28. The minimum atomic E-state index is -0.218. The van der Waals surface area contributed by atoms with Crippen molar-refractivity contribution in [2.24, 2.45) is 0 Å². The van der Waals surface area contributed by atoms with Crippen LogP contribution in [0.2, 0.25) is 0 Å². The van der Waals surface area contributed by atoms with Crippen LogP contribution in [0.5, 0.6) is 0 Å². The van der Waals surface area contributed by atoms with Crippen LogP contribution in [0, 0.1) is 11.3 Å². The van der Waals surface area contributed by atoms with Crippen LogP contribution in [0.1, 0.15) is 17.5 Å². The zero-order valence-corrected chi connectivity index (χ0v) is 12.3. The van der Waals surface area contributed by atoms with E-state index in [0.717, 1.165) is 18.5 Å². The van der Waals surface area contributed by atoms with Crippen LogP contribution in [0.25, 0.3) is 11.0 Å². The van der Waals surface area contributed by atoms with E-state index in [1.807, 2.05) is 24.3 Å². The lowest BCUT2D eigenvalue weighted by molar-refractivity contribution is 0.245. The van der Waals surface area contributed by atoms with Crippen molar-refractivity contribution in [3.8, 4) is 6.07 Å². The Bertz CT molecular complexity index is 953. The van der Waals surface area contributed by atoms with E-state index in [4.69, 9.17) is 5.26 Å². The van der Waals surface area contributed by atoms with Gasteiger partial charge < -0.3 is 0 Å². The fourth-order valence-electron chi connectivity index (χ4n) is 2.98. The third-order valence-corrected chi connectivity index (χ3v) is 4.10. The maximum absolute atomic E-state index is 12.9. The molecule has 0 spiro atoms. The summed E-state index contributed by atoms with van der Waals surface area (Å²) < 4.78 is 1.30. The maximum atomic E-state index is 12.9. The fourth-order valence-corrected chi connectivity index (χ4v) is 2.98. The number of rotatable bonds is 0. The number of hydrogen-bond acceptors (Lipinski definition) is 4. The molecule has 0 bridgehead atoms. The quantitative estimate of drug-likeness (QED) is 0.640. The van der Waals surface area contributed by atoms with Gasteiger partial charge in [-0.3, -0.25) is 4.90 Å². The van der Waals surface area contributed by atoms with Crippen molar-refractivity contribution in [3.05, 3.63) is 53.6 Å². The number of carbonyl (C=O) groups is 1. The van der Waals surface area contributed by atoms with Crippen molar-refractivity contribution in [1.29, 1.82) is 5.26 Å². The number of para-hydroxylation sites is 1. The summed E-state index contributed by atoms with van der Waals surface area (Å²) in [4.78, 5) is 14.7. The predicted molar refractivity (Wildman–Crippen MR) is 85.1 cm³/mol. The molecule has 0 N–H and O–H groups in total. The van der Waals surface area contributed by atoms with Crippen LogP contribution in [0.3, 0.4) is 0 Å². The fraction of sp³-hybridized carbons (Fsp3) is 0.176. The average Bonchev–Trinajstić information content (AvgIpc) is 3.03. The number of aryl methyl sites for hydroxylation is 1. The highest BCUT2D eigenvalue weighted by atomic mass is 16.2. The van der Waals surface area contributed by atoms with Gasteiger partial charge in [0.25, 0.3) is 0 Å². The molecule has 1 amide bonds. The Hall–Kier alpha value is -3.20. The molecule has 0 saturated carbocycles. The van der Waals surface area contributed by atoms with E-state index in [2.05, 4.69) is 16.4 Å². The van der Waals surface area contributed by atoms with Gasteiger partial charge >= 0.3 is 6.03 Å². The predicted octanol–water partition coefficient (Wildman–Crippen LogP) is 2.72. The average molecular weight is 303 g/mol. The lowest BCUT2D eigenvalue weighted by Crippen LogP contribution is -2.39. The monoisotopic (exact) mass is 303 g/mol. The molecule has 2 heterocycles. The molecular formula is C17H13N5O. The SMILES string of the molecule is N#Cc1ccc2c(c1)nnn2C(=O)N1CCCc2ccccc21. The van der Waals surface area contributed by atoms with Gasteiger partial charge in [0.2, 0.25) is 0 Å². The van der Waals surface area contributed by atoms with Crippen molar-refractivity contribution < 1.29 is 4.79 Å². The molecule has 0 saturated heterocycles. The highest BCUT2D eigenvalue weighted by molar-refractivity contribution is 5.99. The normalized spacial score (nSPS) is 13.6. The number of aromatic nitrogens is 3. The topological polar surface area (TPSA) is 74.8 Å². The van der Waals surface area contributed by atoms with Gasteiger partial charge in [-0.2, -0.15) is 9.94 Å². The van der Waals surface area contributed by atoms with Gasteiger partial charge in [-0.1, -0.05) is 23.4 Å². The number of anilines is 1. The largest absolute Gasteiger partial charge is 0.351 e. The first-order chi connectivity index (χ1) is 11.3. The third kappa shape index (κ3) is 2.14. The van der Waals surface area contributed by atoms with Gasteiger partial charge in [-0.05, 0) is 42.7 Å². The first kappa shape index (κ1) is 13.5. The highest BCUT2D eigenvalue weighted by Crippen LogP contribution is 2.27. The lowest BCUT2D eigenvalue weighted by atomic mass is 10.0. The molecule has 2 aromatic carbocycles. The molecule has 0 unspecified atom stereocenters. The molecule has 3 aromatic rings. The maximum Gasteiger partial charge on any atom is 0.351 e. The van der Waals surface area contributed by atoms with Gasteiger partial charge in [0, 0.05) is 12.2 Å². The Morgan fingerprint density at radius 2 is 2.09 bits per heavy atom. The number of benzene rings is 2. The smallest absolute Gasteiger partial charge is 0.292 e. The summed E-state index contributed by atoms with van der Waals surface area (Å²) in [5, 5.41) is 16.9. The molecule has 1 aliphatic rings. The van der Waals surface area contributed by atoms with Gasteiger partial charge in [-0.25, -0.2) is 4.79 Å². The van der Waals surface area contributed by atoms with Crippen molar-refractivity contribution in [1.82, 2.24) is 15.0 Å². The molecule has 6 nitrogen and oxygen atoms in total. The Kier molecular flexibility index (Phi) is 3.05. The molecule has 4 rings (SSSR count). The van der Waals surface area contributed by atoms with E-state index in [1.54, 1.807) is 23.1 Å². The van der Waals surface area contributed by atoms with Gasteiger partial charge in [0.15, 0.2) is 0 Å². The molecule has 23 heavy (non-hydrogen) atoms. The Labute approximate surface area is 132 Å². The van der Waals surface area contributed by atoms with Crippen molar-refractivity contribution in [3.63, 3.8) is 0 Å². The Balaban J connectivity index is 1.78. The van der Waals surface area contributed by atoms with E-state index >= 15 is 0 Å². The molecule has 6 heteroatoms. The van der Waals surface area contributed by atoms with Crippen LogP contribution >= 0.6 is 0 Å². The summed E-state index contributed by atoms with van der Waals surface area (Å²) in [7, 11) is 0. The number of nitrogens with zero attached hydrogens (tertiary/aromatic N) is 5. The molecular weight excluding hydrogens is 290 g/mol. The Morgan fingerprint density at radius 3 is 2.96 bits per heavy atom. The highest BCUT2D eigenvalue weighted by Gasteiger charge is 2.25. The first-order valence-corrected chi connectivity index (χ1v) is 7.43. The van der Waals surface area contributed by atoms with Gasteiger partial charge in [-0.15, -0.1) is 5.10 Å². The molecule has 0 atom stereocenters. The van der Waals surface area contributed by atoms with E-state index < -0.39 is 0 Å². The minimum absolute atomic E-state index is 0.218. The zero-order chi connectivity index (χ0) is 15.8. The third-order valence-electron chi connectivity index (χ3n) is 4.10. The van der Waals surface area contributed by atoms with E-state index in [1.165, 1.54) is 10.2 Å². The van der Waals surface area contributed by atoms with Crippen LogP contribution in [-0.2, 0) is 6.42 Å². The zero-order valence-electron chi connectivity index (χ0n) is 12.3. The number of amides is 1.